The van der Waals surface area contributed by atoms with Gasteiger partial charge in [-0.2, -0.15) is 5.26 Å². The van der Waals surface area contributed by atoms with Crippen molar-refractivity contribution in [3.63, 3.8) is 0 Å². The number of nitrogens with zero attached hydrogens (tertiary/aromatic N) is 2. The van der Waals surface area contributed by atoms with Crippen LogP contribution in [0.4, 0.5) is 13.2 Å². The van der Waals surface area contributed by atoms with E-state index in [0.29, 0.717) is 0 Å². The van der Waals surface area contributed by atoms with Crippen molar-refractivity contribution in [2.75, 3.05) is 0 Å². The summed E-state index contributed by atoms with van der Waals surface area (Å²) >= 11 is 0. The van der Waals surface area contributed by atoms with E-state index in [-0.39, 0.29) is 27.7 Å². The Bertz CT molecular complexity index is 1220. The molecule has 0 radical (unpaired) electrons. The molecule has 0 bridgehead atoms. The lowest BCUT2D eigenvalue weighted by atomic mass is 9.99. The average Bonchev–Trinajstić information content (AvgIpc) is 2.69. The SMILES string of the molecule is C[C@H](C(=O)N[C@H](C)c1ncc(C#N)cc1F)c1cc2c(F)c(F)ccc2[nH]c1=O. The van der Waals surface area contributed by atoms with Crippen LogP contribution in [0.5, 0.6) is 0 Å². The Hall–Kier alpha value is -3.67. The summed E-state index contributed by atoms with van der Waals surface area (Å²) in [5, 5.41) is 11.1. The average molecular weight is 400 g/mol. The van der Waals surface area contributed by atoms with Gasteiger partial charge in [-0.3, -0.25) is 14.6 Å². The Morgan fingerprint density at radius 3 is 2.59 bits per heavy atom. The molecule has 1 aromatic carbocycles. The minimum Gasteiger partial charge on any atom is -0.347 e. The number of rotatable bonds is 4. The number of aromatic amines is 1. The molecule has 0 saturated heterocycles. The summed E-state index contributed by atoms with van der Waals surface area (Å²) < 4.78 is 41.6. The minimum absolute atomic E-state index is 0.0371. The van der Waals surface area contributed by atoms with Crippen molar-refractivity contribution in [3.05, 3.63) is 75.1 Å². The van der Waals surface area contributed by atoms with E-state index in [4.69, 9.17) is 5.26 Å². The van der Waals surface area contributed by atoms with Gasteiger partial charge in [0.1, 0.15) is 11.9 Å². The maximum atomic E-state index is 14.1. The molecular formula is C20H15F3N4O2. The molecule has 2 N–H and O–H groups in total. The van der Waals surface area contributed by atoms with Gasteiger partial charge in [0, 0.05) is 17.1 Å². The third-order valence-corrected chi connectivity index (χ3v) is 4.57. The monoisotopic (exact) mass is 400 g/mol. The Morgan fingerprint density at radius 2 is 1.93 bits per heavy atom. The van der Waals surface area contributed by atoms with E-state index in [1.807, 2.05) is 0 Å². The molecular weight excluding hydrogens is 385 g/mol. The molecule has 3 aromatic rings. The number of nitriles is 1. The summed E-state index contributed by atoms with van der Waals surface area (Å²) in [5.74, 6) is -4.64. The number of aromatic nitrogens is 2. The number of pyridine rings is 2. The second kappa shape index (κ2) is 7.75. The summed E-state index contributed by atoms with van der Waals surface area (Å²) in [5.41, 5.74) is -0.635. The summed E-state index contributed by atoms with van der Waals surface area (Å²) in [7, 11) is 0. The first kappa shape index (κ1) is 20.1. The number of benzene rings is 1. The third-order valence-electron chi connectivity index (χ3n) is 4.57. The van der Waals surface area contributed by atoms with E-state index in [1.165, 1.54) is 26.1 Å². The van der Waals surface area contributed by atoms with Gasteiger partial charge in [0.25, 0.3) is 5.56 Å². The Labute approximate surface area is 163 Å². The maximum absolute atomic E-state index is 14.1. The number of amides is 1. The van der Waals surface area contributed by atoms with Crippen LogP contribution >= 0.6 is 0 Å². The molecule has 2 atom stereocenters. The van der Waals surface area contributed by atoms with E-state index < -0.39 is 40.9 Å². The third kappa shape index (κ3) is 3.82. The normalized spacial score (nSPS) is 13.0. The van der Waals surface area contributed by atoms with Gasteiger partial charge < -0.3 is 10.3 Å². The minimum atomic E-state index is -1.13. The Balaban J connectivity index is 1.88. The van der Waals surface area contributed by atoms with Gasteiger partial charge in [-0.15, -0.1) is 0 Å². The number of carbonyl (C=O) groups excluding carboxylic acids is 1. The molecule has 1 amide bonds. The lowest BCUT2D eigenvalue weighted by Crippen LogP contribution is -2.33. The van der Waals surface area contributed by atoms with Crippen LogP contribution in [0.15, 0.2) is 35.3 Å². The molecule has 0 unspecified atom stereocenters. The quantitative estimate of drug-likeness (QED) is 0.703. The molecule has 0 aliphatic carbocycles. The highest BCUT2D eigenvalue weighted by Crippen LogP contribution is 2.22. The maximum Gasteiger partial charge on any atom is 0.252 e. The van der Waals surface area contributed by atoms with E-state index in [0.717, 1.165) is 18.2 Å². The number of nitrogens with one attached hydrogen (secondary N) is 2. The smallest absolute Gasteiger partial charge is 0.252 e. The van der Waals surface area contributed by atoms with Crippen LogP contribution in [0.1, 0.15) is 42.6 Å². The predicted molar refractivity (Wildman–Crippen MR) is 98.4 cm³/mol. The van der Waals surface area contributed by atoms with E-state index in [9.17, 15) is 22.8 Å². The van der Waals surface area contributed by atoms with E-state index >= 15 is 0 Å². The van der Waals surface area contributed by atoms with Crippen LogP contribution in [-0.2, 0) is 4.79 Å². The van der Waals surface area contributed by atoms with Crippen molar-refractivity contribution in [2.45, 2.75) is 25.8 Å². The zero-order valence-corrected chi connectivity index (χ0v) is 15.4. The first-order valence-electron chi connectivity index (χ1n) is 8.59. The fourth-order valence-corrected chi connectivity index (χ4v) is 2.93. The van der Waals surface area contributed by atoms with Gasteiger partial charge >= 0.3 is 0 Å². The lowest BCUT2D eigenvalue weighted by Gasteiger charge is -2.18. The van der Waals surface area contributed by atoms with Crippen LogP contribution in [0.2, 0.25) is 0 Å². The molecule has 148 valence electrons. The van der Waals surface area contributed by atoms with Crippen molar-refractivity contribution in [3.8, 4) is 6.07 Å². The van der Waals surface area contributed by atoms with Gasteiger partial charge in [-0.1, -0.05) is 0 Å². The van der Waals surface area contributed by atoms with Crippen molar-refractivity contribution >= 4 is 16.8 Å². The Morgan fingerprint density at radius 1 is 1.21 bits per heavy atom. The van der Waals surface area contributed by atoms with Crippen LogP contribution in [-0.4, -0.2) is 15.9 Å². The molecule has 3 rings (SSSR count). The fraction of sp³-hybridized carbons (Fsp3) is 0.200. The second-order valence-electron chi connectivity index (χ2n) is 6.53. The van der Waals surface area contributed by atoms with Gasteiger partial charge in [0.2, 0.25) is 5.91 Å². The summed E-state index contributed by atoms with van der Waals surface area (Å²) in [4.78, 5) is 31.1. The number of fused-ring (bicyclic) bond motifs is 1. The van der Waals surface area contributed by atoms with Crippen molar-refractivity contribution in [1.29, 1.82) is 5.26 Å². The van der Waals surface area contributed by atoms with Crippen molar-refractivity contribution in [2.24, 2.45) is 0 Å². The Kier molecular flexibility index (Phi) is 5.37. The standard InChI is InChI=1S/C20H15F3N4O2/c1-9(12-6-13-16(27-20(12)29)4-3-14(21)17(13)23)19(28)26-10(2)18-15(22)5-11(7-24)8-25-18/h3-6,8-10H,1-2H3,(H,26,28)(H,27,29)/t9-,10+/m0/s1. The molecule has 9 heteroatoms. The zero-order valence-electron chi connectivity index (χ0n) is 15.4. The first-order chi connectivity index (χ1) is 13.7. The van der Waals surface area contributed by atoms with Crippen LogP contribution in [0, 0.1) is 28.8 Å². The number of halogens is 3. The summed E-state index contributed by atoms with van der Waals surface area (Å²) in [6.45, 7) is 2.90. The highest BCUT2D eigenvalue weighted by atomic mass is 19.2. The van der Waals surface area contributed by atoms with Gasteiger partial charge in [-0.25, -0.2) is 13.2 Å². The second-order valence-corrected chi connectivity index (χ2v) is 6.53. The topological polar surface area (TPSA) is 98.6 Å². The van der Waals surface area contributed by atoms with Crippen LogP contribution in [0.25, 0.3) is 10.9 Å². The highest BCUT2D eigenvalue weighted by molar-refractivity contribution is 5.86. The van der Waals surface area contributed by atoms with Crippen molar-refractivity contribution < 1.29 is 18.0 Å². The molecule has 0 saturated carbocycles. The molecule has 0 aliphatic rings. The lowest BCUT2D eigenvalue weighted by molar-refractivity contribution is -0.122. The van der Waals surface area contributed by atoms with Gasteiger partial charge in [0.15, 0.2) is 11.6 Å². The fourth-order valence-electron chi connectivity index (χ4n) is 2.93. The van der Waals surface area contributed by atoms with Gasteiger partial charge in [0.05, 0.1) is 28.7 Å². The molecule has 0 spiro atoms. The van der Waals surface area contributed by atoms with Crippen LogP contribution in [0.3, 0.4) is 0 Å². The number of carbonyl (C=O) groups is 1. The molecule has 29 heavy (non-hydrogen) atoms. The summed E-state index contributed by atoms with van der Waals surface area (Å²) in [6.07, 6.45) is 1.18. The molecule has 6 nitrogen and oxygen atoms in total. The first-order valence-corrected chi connectivity index (χ1v) is 8.59. The highest BCUT2D eigenvalue weighted by Gasteiger charge is 2.23. The largest absolute Gasteiger partial charge is 0.347 e. The molecule has 2 heterocycles. The van der Waals surface area contributed by atoms with Crippen molar-refractivity contribution in [1.82, 2.24) is 15.3 Å². The van der Waals surface area contributed by atoms with Crippen LogP contribution < -0.4 is 10.9 Å². The van der Waals surface area contributed by atoms with E-state index in [2.05, 4.69) is 15.3 Å². The number of hydrogen-bond donors (Lipinski definition) is 2. The van der Waals surface area contributed by atoms with Gasteiger partial charge in [-0.05, 0) is 38.1 Å². The predicted octanol–water partition coefficient (Wildman–Crippen LogP) is 3.19. The zero-order chi connectivity index (χ0) is 21.3. The molecule has 0 fully saturated rings. The summed E-state index contributed by atoms with van der Waals surface area (Å²) in [6, 6.07) is 5.15. The molecule has 2 aromatic heterocycles. The number of hydrogen-bond acceptors (Lipinski definition) is 4. The molecule has 0 aliphatic heterocycles. The van der Waals surface area contributed by atoms with E-state index in [1.54, 1.807) is 6.07 Å². The number of H-pyrrole nitrogens is 1.